The lowest BCUT2D eigenvalue weighted by atomic mass is 9.80. The van der Waals surface area contributed by atoms with Crippen molar-refractivity contribution in [2.24, 2.45) is 5.41 Å². The molecule has 2 heterocycles. The van der Waals surface area contributed by atoms with E-state index >= 15 is 0 Å². The van der Waals surface area contributed by atoms with Gasteiger partial charge in [0.25, 0.3) is 5.91 Å². The number of nitrogens with one attached hydrogen (secondary N) is 1. The van der Waals surface area contributed by atoms with E-state index < -0.39 is 17.3 Å². The first-order valence-electron chi connectivity index (χ1n) is 8.27. The highest BCUT2D eigenvalue weighted by molar-refractivity contribution is 7.09. The molecule has 6 nitrogen and oxygen atoms in total. The number of hydrogen-bond donors (Lipinski definition) is 2. The number of carbonyl (C=O) groups is 2. The molecule has 1 fully saturated rings. The standard InChI is InChI=1S/C18H19FN2O4S/c19-13-3-1-2-12(8-13)9-15-21-14(10-26-15)16(22)20-11-18(17(23)24)4-6-25-7-5-18/h1-3,8,10H,4-7,9,11H2,(H,20,22)(H,23,24). The second kappa shape index (κ2) is 7.92. The maximum absolute atomic E-state index is 13.2. The lowest BCUT2D eigenvalue weighted by Crippen LogP contribution is -2.46. The fourth-order valence-corrected chi connectivity index (χ4v) is 3.69. The summed E-state index contributed by atoms with van der Waals surface area (Å²) in [6.07, 6.45) is 1.17. The van der Waals surface area contributed by atoms with Crippen molar-refractivity contribution in [1.82, 2.24) is 10.3 Å². The first-order chi connectivity index (χ1) is 12.5. The third-order valence-electron chi connectivity index (χ3n) is 4.52. The number of aliphatic carboxylic acids is 1. The zero-order valence-electron chi connectivity index (χ0n) is 14.0. The topological polar surface area (TPSA) is 88.5 Å². The molecule has 1 aromatic carbocycles. The molecule has 138 valence electrons. The zero-order valence-corrected chi connectivity index (χ0v) is 14.9. The summed E-state index contributed by atoms with van der Waals surface area (Å²) in [5, 5.41) is 14.5. The summed E-state index contributed by atoms with van der Waals surface area (Å²) in [7, 11) is 0. The molecule has 1 aromatic heterocycles. The molecule has 0 spiro atoms. The summed E-state index contributed by atoms with van der Waals surface area (Å²) in [6.45, 7) is 0.786. The Hall–Kier alpha value is -2.32. The van der Waals surface area contributed by atoms with Crippen LogP contribution in [0.2, 0.25) is 0 Å². The van der Waals surface area contributed by atoms with Gasteiger partial charge in [0, 0.05) is 31.6 Å². The Labute approximate surface area is 154 Å². The van der Waals surface area contributed by atoms with E-state index in [0.29, 0.717) is 37.5 Å². The first kappa shape index (κ1) is 18.5. The number of nitrogens with zero attached hydrogens (tertiary/aromatic N) is 1. The largest absolute Gasteiger partial charge is 0.481 e. The fourth-order valence-electron chi connectivity index (χ4n) is 2.89. The van der Waals surface area contributed by atoms with E-state index in [0.717, 1.165) is 5.56 Å². The number of benzene rings is 1. The molecule has 1 saturated heterocycles. The minimum absolute atomic E-state index is 0.0429. The molecule has 3 rings (SSSR count). The van der Waals surface area contributed by atoms with Crippen molar-refractivity contribution in [3.63, 3.8) is 0 Å². The van der Waals surface area contributed by atoms with E-state index in [-0.39, 0.29) is 18.1 Å². The molecular weight excluding hydrogens is 359 g/mol. The number of halogens is 1. The summed E-state index contributed by atoms with van der Waals surface area (Å²) in [5.41, 5.74) is 0.0290. The van der Waals surface area contributed by atoms with Crippen LogP contribution in [-0.2, 0) is 16.0 Å². The Morgan fingerprint density at radius 2 is 2.12 bits per heavy atom. The highest BCUT2D eigenvalue weighted by atomic mass is 32.1. The summed E-state index contributed by atoms with van der Waals surface area (Å²) in [5.74, 6) is -1.64. The molecule has 2 aromatic rings. The number of hydrogen-bond acceptors (Lipinski definition) is 5. The summed E-state index contributed by atoms with van der Waals surface area (Å²) in [4.78, 5) is 28.2. The van der Waals surface area contributed by atoms with Gasteiger partial charge in [-0.25, -0.2) is 9.37 Å². The van der Waals surface area contributed by atoms with Crippen LogP contribution in [0.15, 0.2) is 29.6 Å². The van der Waals surface area contributed by atoms with Crippen LogP contribution in [0.1, 0.15) is 33.9 Å². The number of carbonyl (C=O) groups excluding carboxylic acids is 1. The normalized spacial score (nSPS) is 16.2. The van der Waals surface area contributed by atoms with Crippen LogP contribution in [0.5, 0.6) is 0 Å². The second-order valence-electron chi connectivity index (χ2n) is 6.31. The number of carboxylic acids is 1. The van der Waals surface area contributed by atoms with Crippen molar-refractivity contribution in [2.75, 3.05) is 19.8 Å². The smallest absolute Gasteiger partial charge is 0.311 e. The van der Waals surface area contributed by atoms with Gasteiger partial charge in [-0.15, -0.1) is 11.3 Å². The van der Waals surface area contributed by atoms with Crippen molar-refractivity contribution >= 4 is 23.2 Å². The van der Waals surface area contributed by atoms with Crippen LogP contribution in [0.4, 0.5) is 4.39 Å². The Morgan fingerprint density at radius 3 is 2.81 bits per heavy atom. The van der Waals surface area contributed by atoms with Crippen molar-refractivity contribution in [3.05, 3.63) is 51.7 Å². The number of aromatic nitrogens is 1. The second-order valence-corrected chi connectivity index (χ2v) is 7.26. The predicted molar refractivity (Wildman–Crippen MR) is 93.8 cm³/mol. The van der Waals surface area contributed by atoms with E-state index in [1.54, 1.807) is 17.5 Å². The Kier molecular flexibility index (Phi) is 5.63. The Morgan fingerprint density at radius 1 is 1.35 bits per heavy atom. The maximum atomic E-state index is 13.2. The number of amides is 1. The number of rotatable bonds is 6. The molecule has 1 aliphatic rings. The molecule has 26 heavy (non-hydrogen) atoms. The average Bonchev–Trinajstić information content (AvgIpc) is 3.09. The molecule has 8 heteroatoms. The van der Waals surface area contributed by atoms with Gasteiger partial charge in [0.05, 0.1) is 10.4 Å². The molecular formula is C18H19FN2O4S. The summed E-state index contributed by atoms with van der Waals surface area (Å²) < 4.78 is 18.5. The molecule has 1 aliphatic heterocycles. The van der Waals surface area contributed by atoms with Crippen LogP contribution in [0.25, 0.3) is 0 Å². The van der Waals surface area contributed by atoms with Crippen LogP contribution < -0.4 is 5.32 Å². The van der Waals surface area contributed by atoms with Gasteiger partial charge in [-0.05, 0) is 30.5 Å². The lowest BCUT2D eigenvalue weighted by Gasteiger charge is -2.32. The van der Waals surface area contributed by atoms with Crippen molar-refractivity contribution < 1.29 is 23.8 Å². The van der Waals surface area contributed by atoms with Crippen molar-refractivity contribution in [2.45, 2.75) is 19.3 Å². The quantitative estimate of drug-likeness (QED) is 0.806. The molecule has 1 amide bonds. The molecule has 2 N–H and O–H groups in total. The van der Waals surface area contributed by atoms with E-state index in [4.69, 9.17) is 4.74 Å². The Balaban J connectivity index is 1.62. The minimum Gasteiger partial charge on any atom is -0.481 e. The van der Waals surface area contributed by atoms with Gasteiger partial charge >= 0.3 is 5.97 Å². The molecule has 0 aliphatic carbocycles. The first-order valence-corrected chi connectivity index (χ1v) is 9.15. The fraction of sp³-hybridized carbons (Fsp3) is 0.389. The minimum atomic E-state index is -0.992. The number of thiazole rings is 1. The third-order valence-corrected chi connectivity index (χ3v) is 5.37. The third kappa shape index (κ3) is 4.25. The number of ether oxygens (including phenoxy) is 1. The van der Waals surface area contributed by atoms with Gasteiger partial charge in [-0.1, -0.05) is 12.1 Å². The van der Waals surface area contributed by atoms with Gasteiger partial charge in [0.1, 0.15) is 11.5 Å². The SMILES string of the molecule is O=C(NCC1(C(=O)O)CCOCC1)c1csc(Cc2cccc(F)c2)n1. The predicted octanol–water partition coefficient (Wildman–Crippen LogP) is 2.48. The highest BCUT2D eigenvalue weighted by Crippen LogP contribution is 2.30. The van der Waals surface area contributed by atoms with E-state index in [9.17, 15) is 19.1 Å². The van der Waals surface area contributed by atoms with Gasteiger partial charge in [0.2, 0.25) is 0 Å². The van der Waals surface area contributed by atoms with Gasteiger partial charge < -0.3 is 15.2 Å². The van der Waals surface area contributed by atoms with E-state index in [2.05, 4.69) is 10.3 Å². The van der Waals surface area contributed by atoms with E-state index in [1.807, 2.05) is 0 Å². The van der Waals surface area contributed by atoms with E-state index in [1.165, 1.54) is 23.5 Å². The van der Waals surface area contributed by atoms with Gasteiger partial charge in [0.15, 0.2) is 0 Å². The zero-order chi connectivity index (χ0) is 18.6. The highest BCUT2D eigenvalue weighted by Gasteiger charge is 2.40. The molecule has 0 bridgehead atoms. The van der Waals surface area contributed by atoms with Crippen molar-refractivity contribution in [1.29, 1.82) is 0 Å². The van der Waals surface area contributed by atoms with Crippen LogP contribution >= 0.6 is 11.3 Å². The molecule has 0 radical (unpaired) electrons. The monoisotopic (exact) mass is 378 g/mol. The number of carboxylic acid groups (broad SMARTS) is 1. The Bertz CT molecular complexity index is 802. The van der Waals surface area contributed by atoms with Crippen LogP contribution in [-0.4, -0.2) is 41.7 Å². The van der Waals surface area contributed by atoms with Crippen LogP contribution in [0, 0.1) is 11.2 Å². The van der Waals surface area contributed by atoms with Gasteiger partial charge in [-0.2, -0.15) is 0 Å². The molecule has 0 atom stereocenters. The molecule has 0 saturated carbocycles. The lowest BCUT2D eigenvalue weighted by molar-refractivity contribution is -0.154. The van der Waals surface area contributed by atoms with Crippen LogP contribution in [0.3, 0.4) is 0 Å². The van der Waals surface area contributed by atoms with Crippen molar-refractivity contribution in [3.8, 4) is 0 Å². The average molecular weight is 378 g/mol. The molecule has 0 unspecified atom stereocenters. The summed E-state index contributed by atoms with van der Waals surface area (Å²) in [6, 6.07) is 6.23. The van der Waals surface area contributed by atoms with Gasteiger partial charge in [-0.3, -0.25) is 9.59 Å². The summed E-state index contributed by atoms with van der Waals surface area (Å²) >= 11 is 1.31. The maximum Gasteiger partial charge on any atom is 0.311 e.